The van der Waals surface area contributed by atoms with Crippen molar-refractivity contribution < 1.29 is 9.47 Å². The van der Waals surface area contributed by atoms with E-state index in [1.165, 1.54) is 19.3 Å². The van der Waals surface area contributed by atoms with E-state index in [0.29, 0.717) is 30.0 Å². The molecule has 1 aliphatic carbocycles. The van der Waals surface area contributed by atoms with Gasteiger partial charge in [0.25, 0.3) is 0 Å². The van der Waals surface area contributed by atoms with Gasteiger partial charge in [-0.1, -0.05) is 18.0 Å². The van der Waals surface area contributed by atoms with Crippen molar-refractivity contribution in [1.82, 2.24) is 5.32 Å². The molecule has 4 heteroatoms. The van der Waals surface area contributed by atoms with Crippen molar-refractivity contribution in [2.45, 2.75) is 38.3 Å². The Hall–Kier alpha value is -0.930. The fourth-order valence-corrected chi connectivity index (χ4v) is 2.55. The van der Waals surface area contributed by atoms with Gasteiger partial charge in [0.1, 0.15) is 0 Å². The Balaban J connectivity index is 1.74. The Morgan fingerprint density at radius 2 is 2.00 bits per heavy atom. The summed E-state index contributed by atoms with van der Waals surface area (Å²) in [4.78, 5) is 0. The first-order valence-electron chi connectivity index (χ1n) is 6.64. The number of hydrogen-bond acceptors (Lipinski definition) is 3. The molecule has 2 aliphatic rings. The van der Waals surface area contributed by atoms with Gasteiger partial charge >= 0.3 is 0 Å². The molecule has 18 heavy (non-hydrogen) atoms. The lowest BCUT2D eigenvalue weighted by atomic mass is 9.93. The average molecular weight is 268 g/mol. The Morgan fingerprint density at radius 1 is 1.17 bits per heavy atom. The molecule has 1 saturated carbocycles. The van der Waals surface area contributed by atoms with Gasteiger partial charge in [0, 0.05) is 19.0 Å². The first-order chi connectivity index (χ1) is 8.83. The molecule has 0 saturated heterocycles. The molecule has 0 amide bonds. The summed E-state index contributed by atoms with van der Waals surface area (Å²) in [5.41, 5.74) is 1.16. The predicted octanol–water partition coefficient (Wildman–Crippen LogP) is 3.14. The summed E-state index contributed by atoms with van der Waals surface area (Å²) in [5.74, 6) is 1.48. The highest BCUT2D eigenvalue weighted by molar-refractivity contribution is 6.32. The molecule has 3 nitrogen and oxygen atoms in total. The molecule has 1 fully saturated rings. The molecule has 1 aliphatic heterocycles. The third-order valence-electron chi connectivity index (χ3n) is 3.56. The maximum atomic E-state index is 6.25. The Labute approximate surface area is 112 Å². The number of rotatable bonds is 3. The summed E-state index contributed by atoms with van der Waals surface area (Å²) < 4.78 is 11.3. The summed E-state index contributed by atoms with van der Waals surface area (Å²) in [6.45, 7) is 2.22. The molecule has 0 unspecified atom stereocenters. The molecular weight excluding hydrogens is 250 g/mol. The second-order valence-corrected chi connectivity index (χ2v) is 5.37. The van der Waals surface area contributed by atoms with Crippen molar-refractivity contribution in [3.63, 3.8) is 0 Å². The number of nitrogens with one attached hydrogen (secondary N) is 1. The van der Waals surface area contributed by atoms with Crippen LogP contribution in [0.25, 0.3) is 0 Å². The van der Waals surface area contributed by atoms with Crippen LogP contribution in [0.1, 0.15) is 31.2 Å². The highest BCUT2D eigenvalue weighted by Gasteiger charge is 2.18. The van der Waals surface area contributed by atoms with Crippen molar-refractivity contribution in [2.75, 3.05) is 13.2 Å². The third-order valence-corrected chi connectivity index (χ3v) is 3.84. The summed E-state index contributed by atoms with van der Waals surface area (Å²) in [7, 11) is 0. The van der Waals surface area contributed by atoms with Crippen LogP contribution in [0, 0.1) is 0 Å². The molecule has 0 radical (unpaired) electrons. The van der Waals surface area contributed by atoms with E-state index >= 15 is 0 Å². The molecular formula is C14H18ClNO2. The minimum atomic E-state index is 0.653. The lowest BCUT2D eigenvalue weighted by Gasteiger charge is -2.26. The molecule has 0 bridgehead atoms. The van der Waals surface area contributed by atoms with E-state index in [-0.39, 0.29) is 0 Å². The Bertz CT molecular complexity index is 432. The first-order valence-corrected chi connectivity index (χ1v) is 7.02. The van der Waals surface area contributed by atoms with Gasteiger partial charge in [0.05, 0.1) is 18.2 Å². The van der Waals surface area contributed by atoms with Crippen molar-refractivity contribution in [3.8, 4) is 11.5 Å². The monoisotopic (exact) mass is 267 g/mol. The fraction of sp³-hybridized carbons (Fsp3) is 0.571. The van der Waals surface area contributed by atoms with E-state index in [9.17, 15) is 0 Å². The van der Waals surface area contributed by atoms with Crippen LogP contribution >= 0.6 is 11.6 Å². The molecule has 1 N–H and O–H groups in total. The molecule has 3 rings (SSSR count). The van der Waals surface area contributed by atoms with E-state index in [0.717, 1.165) is 24.3 Å². The number of hydrogen-bond donors (Lipinski definition) is 1. The predicted molar refractivity (Wildman–Crippen MR) is 71.5 cm³/mol. The van der Waals surface area contributed by atoms with Crippen LogP contribution < -0.4 is 14.8 Å². The van der Waals surface area contributed by atoms with Crippen molar-refractivity contribution in [1.29, 1.82) is 0 Å². The highest BCUT2D eigenvalue weighted by atomic mass is 35.5. The molecule has 1 aromatic carbocycles. The highest BCUT2D eigenvalue weighted by Crippen LogP contribution is 2.38. The average Bonchev–Trinajstić information content (AvgIpc) is 2.52. The van der Waals surface area contributed by atoms with Gasteiger partial charge in [0.15, 0.2) is 11.5 Å². The first kappa shape index (κ1) is 12.1. The van der Waals surface area contributed by atoms with Crippen LogP contribution in [-0.2, 0) is 6.54 Å². The molecule has 0 aromatic heterocycles. The van der Waals surface area contributed by atoms with Gasteiger partial charge in [-0.25, -0.2) is 0 Å². The van der Waals surface area contributed by atoms with E-state index in [4.69, 9.17) is 21.1 Å². The van der Waals surface area contributed by atoms with Crippen molar-refractivity contribution >= 4 is 11.6 Å². The summed E-state index contributed by atoms with van der Waals surface area (Å²) in [5, 5.41) is 4.18. The Kier molecular flexibility index (Phi) is 3.62. The van der Waals surface area contributed by atoms with Gasteiger partial charge < -0.3 is 14.8 Å². The minimum Gasteiger partial charge on any atom is -0.489 e. The molecule has 1 aromatic rings. The van der Waals surface area contributed by atoms with Crippen LogP contribution in [-0.4, -0.2) is 19.3 Å². The Morgan fingerprint density at radius 3 is 2.78 bits per heavy atom. The van der Waals surface area contributed by atoms with Gasteiger partial charge in [-0.3, -0.25) is 0 Å². The second kappa shape index (κ2) is 5.37. The van der Waals surface area contributed by atoms with E-state index in [1.54, 1.807) is 0 Å². The van der Waals surface area contributed by atoms with Crippen LogP contribution in [0.5, 0.6) is 11.5 Å². The van der Waals surface area contributed by atoms with Crippen LogP contribution in [0.4, 0.5) is 0 Å². The SMILES string of the molecule is Clc1cc(CNC2CCC2)cc2c1OCCCO2. The number of ether oxygens (including phenoxy) is 2. The lowest BCUT2D eigenvalue weighted by Crippen LogP contribution is -2.34. The topological polar surface area (TPSA) is 30.5 Å². The molecule has 0 spiro atoms. The van der Waals surface area contributed by atoms with E-state index < -0.39 is 0 Å². The van der Waals surface area contributed by atoms with Crippen LogP contribution in [0.15, 0.2) is 12.1 Å². The van der Waals surface area contributed by atoms with Crippen LogP contribution in [0.2, 0.25) is 5.02 Å². The second-order valence-electron chi connectivity index (χ2n) is 4.96. The largest absolute Gasteiger partial charge is 0.489 e. The summed E-state index contributed by atoms with van der Waals surface area (Å²) in [6, 6.07) is 4.69. The van der Waals surface area contributed by atoms with E-state index in [1.807, 2.05) is 12.1 Å². The third kappa shape index (κ3) is 2.57. The normalized spacial score (nSPS) is 19.2. The van der Waals surface area contributed by atoms with Gasteiger partial charge in [0.2, 0.25) is 0 Å². The van der Waals surface area contributed by atoms with Gasteiger partial charge in [-0.15, -0.1) is 0 Å². The van der Waals surface area contributed by atoms with E-state index in [2.05, 4.69) is 5.32 Å². The van der Waals surface area contributed by atoms with Gasteiger partial charge in [-0.05, 0) is 30.5 Å². The van der Waals surface area contributed by atoms with Crippen molar-refractivity contribution in [3.05, 3.63) is 22.7 Å². The zero-order valence-corrected chi connectivity index (χ0v) is 11.1. The quantitative estimate of drug-likeness (QED) is 0.913. The standard InChI is InChI=1S/C14H18ClNO2/c15-12-7-10(9-16-11-3-1-4-11)8-13-14(12)18-6-2-5-17-13/h7-8,11,16H,1-6,9H2. The van der Waals surface area contributed by atoms with Crippen molar-refractivity contribution in [2.24, 2.45) is 0 Å². The smallest absolute Gasteiger partial charge is 0.179 e. The molecule has 98 valence electrons. The fourth-order valence-electron chi connectivity index (χ4n) is 2.26. The summed E-state index contributed by atoms with van der Waals surface area (Å²) >= 11 is 6.25. The van der Waals surface area contributed by atoms with Crippen LogP contribution in [0.3, 0.4) is 0 Å². The lowest BCUT2D eigenvalue weighted by molar-refractivity contribution is 0.297. The summed E-state index contributed by atoms with van der Waals surface area (Å²) in [6.07, 6.45) is 4.83. The number of halogens is 1. The molecule has 0 atom stereocenters. The zero-order chi connectivity index (χ0) is 12.4. The number of benzene rings is 1. The number of fused-ring (bicyclic) bond motifs is 1. The van der Waals surface area contributed by atoms with Gasteiger partial charge in [-0.2, -0.15) is 0 Å². The molecule has 1 heterocycles. The maximum Gasteiger partial charge on any atom is 0.179 e. The zero-order valence-electron chi connectivity index (χ0n) is 10.4. The minimum absolute atomic E-state index is 0.653. The maximum absolute atomic E-state index is 6.25.